The number of carbonyl (C=O) groups is 1. The molecule has 1 aromatic heterocycles. The molecule has 0 radical (unpaired) electrons. The molecule has 8 rings (SSSR count). The van der Waals surface area contributed by atoms with Gasteiger partial charge in [-0.1, -0.05) is 22.0 Å². The molecule has 1 heterocycles. The van der Waals surface area contributed by atoms with Crippen molar-refractivity contribution in [2.45, 2.75) is 75.0 Å². The highest BCUT2D eigenvalue weighted by molar-refractivity contribution is 9.10. The Hall–Kier alpha value is -1.96. The van der Waals surface area contributed by atoms with Gasteiger partial charge in [-0.15, -0.1) is 0 Å². The maximum Gasteiger partial charge on any atom is 0.417 e. The minimum atomic E-state index is -4.39. The maximum absolute atomic E-state index is 14.3. The Bertz CT molecular complexity index is 1130. The smallest absolute Gasteiger partial charge is 0.311 e. The number of fused-ring (bicyclic) bond motifs is 3. The molecule has 6 saturated carbocycles. The van der Waals surface area contributed by atoms with Crippen molar-refractivity contribution < 1.29 is 22.4 Å². The molecule has 0 atom stereocenters. The lowest BCUT2D eigenvalue weighted by Gasteiger charge is -2.65. The molecule has 6 aliphatic carbocycles. The van der Waals surface area contributed by atoms with Crippen molar-refractivity contribution >= 4 is 27.5 Å². The van der Waals surface area contributed by atoms with Gasteiger partial charge in [-0.05, 0) is 93.5 Å². The molecule has 1 aromatic carbocycles. The molecule has 2 aromatic rings. The minimum absolute atomic E-state index is 0.0383. The van der Waals surface area contributed by atoms with Gasteiger partial charge in [-0.2, -0.15) is 13.2 Å². The third-order valence-electron chi connectivity index (χ3n) is 9.31. The van der Waals surface area contributed by atoms with E-state index < -0.39 is 22.8 Å². The number of aromatic nitrogens is 1. The van der Waals surface area contributed by atoms with E-state index in [0.717, 1.165) is 66.6 Å². The molecule has 3 nitrogen and oxygen atoms in total. The Morgan fingerprint density at radius 1 is 1.00 bits per heavy atom. The van der Waals surface area contributed by atoms with Crippen LogP contribution in [0.25, 0.3) is 0 Å². The Balaban J connectivity index is 1.22. The quantitative estimate of drug-likeness (QED) is 0.364. The summed E-state index contributed by atoms with van der Waals surface area (Å²) in [5, 5.41) is 0. The third-order valence-corrected chi connectivity index (χ3v) is 9.81. The van der Waals surface area contributed by atoms with E-state index in [1.807, 2.05) is 29.2 Å². The molecule has 0 N–H and O–H groups in total. The van der Waals surface area contributed by atoms with Crippen LogP contribution in [0.2, 0.25) is 0 Å². The molecule has 6 fully saturated rings. The largest absolute Gasteiger partial charge is 0.417 e. The van der Waals surface area contributed by atoms with Gasteiger partial charge in [0, 0.05) is 34.0 Å². The highest BCUT2D eigenvalue weighted by Gasteiger charge is 2.73. The summed E-state index contributed by atoms with van der Waals surface area (Å²) in [6.45, 7) is 0.597. The first kappa shape index (κ1) is 23.4. The van der Waals surface area contributed by atoms with Gasteiger partial charge >= 0.3 is 6.18 Å². The average Bonchev–Trinajstić information content (AvgIpc) is 2.80. The van der Waals surface area contributed by atoms with Gasteiger partial charge in [0.2, 0.25) is 5.91 Å². The normalized spacial score (nSPS) is 35.2. The van der Waals surface area contributed by atoms with Crippen LogP contribution in [0.3, 0.4) is 0 Å². The number of carbonyl (C=O) groups excluding carboxylic acids is 1. The summed E-state index contributed by atoms with van der Waals surface area (Å²) >= 11 is 3.52. The Kier molecular flexibility index (Phi) is 5.04. The summed E-state index contributed by atoms with van der Waals surface area (Å²) in [6.07, 6.45) is 2.81. The fourth-order valence-electron chi connectivity index (χ4n) is 7.20. The summed E-state index contributed by atoms with van der Waals surface area (Å²) in [5.74, 6) is 0.0383. The Labute approximate surface area is 210 Å². The van der Waals surface area contributed by atoms with E-state index in [9.17, 15) is 22.4 Å². The van der Waals surface area contributed by atoms with Crippen LogP contribution in [0, 0.1) is 10.8 Å². The number of pyridine rings is 1. The van der Waals surface area contributed by atoms with Crippen molar-refractivity contribution in [2.24, 2.45) is 10.8 Å². The summed E-state index contributed by atoms with van der Waals surface area (Å²) in [7, 11) is 0. The molecular weight excluding hydrogens is 524 g/mol. The van der Waals surface area contributed by atoms with Crippen LogP contribution in [-0.2, 0) is 16.4 Å². The molecule has 1 amide bonds. The minimum Gasteiger partial charge on any atom is -0.311 e. The highest BCUT2D eigenvalue weighted by Crippen LogP contribution is 2.70. The van der Waals surface area contributed by atoms with Gasteiger partial charge < -0.3 is 4.90 Å². The van der Waals surface area contributed by atoms with Crippen LogP contribution in [0.1, 0.15) is 69.0 Å². The molecule has 0 unspecified atom stereocenters. The van der Waals surface area contributed by atoms with Gasteiger partial charge in [-0.3, -0.25) is 9.78 Å². The van der Waals surface area contributed by atoms with Gasteiger partial charge in [-0.25, -0.2) is 4.39 Å². The first-order chi connectivity index (χ1) is 16.5. The van der Waals surface area contributed by atoms with E-state index in [-0.39, 0.29) is 16.7 Å². The zero-order valence-corrected chi connectivity index (χ0v) is 20.9. The van der Waals surface area contributed by atoms with Crippen LogP contribution in [0.5, 0.6) is 0 Å². The van der Waals surface area contributed by atoms with Gasteiger partial charge in [0.15, 0.2) is 0 Å². The van der Waals surface area contributed by atoms with Gasteiger partial charge in [0.25, 0.3) is 0 Å². The zero-order chi connectivity index (χ0) is 24.7. The molecule has 6 aliphatic rings. The average molecular weight is 551 g/mol. The molecule has 35 heavy (non-hydrogen) atoms. The Morgan fingerprint density at radius 3 is 2.17 bits per heavy atom. The lowest BCUT2D eigenvalue weighted by Crippen LogP contribution is -2.71. The van der Waals surface area contributed by atoms with Crippen molar-refractivity contribution in [1.29, 1.82) is 0 Å². The first-order valence-corrected chi connectivity index (χ1v) is 13.1. The number of nitrogens with zero attached hydrogens (tertiary/aromatic N) is 2. The predicted octanol–water partition coefficient (Wildman–Crippen LogP) is 7.38. The molecule has 186 valence electrons. The Morgan fingerprint density at radius 2 is 1.66 bits per heavy atom. The SMILES string of the molecule is O=C(N(CC12CCC(c3ccc(C(F)(F)F)cn3)(CC1)CC2)c1cccc(Br)c1)C12CC(F)(C1)C2. The van der Waals surface area contributed by atoms with Crippen molar-refractivity contribution in [3.05, 3.63) is 58.3 Å². The number of halogens is 5. The number of anilines is 1. The maximum atomic E-state index is 14.3. The summed E-state index contributed by atoms with van der Waals surface area (Å²) in [6, 6.07) is 10.4. The number of alkyl halides is 4. The molecule has 0 aliphatic heterocycles. The molecular formula is C27H27BrF4N2O. The molecule has 0 spiro atoms. The number of rotatable bonds is 5. The van der Waals surface area contributed by atoms with E-state index in [4.69, 9.17) is 0 Å². The monoisotopic (exact) mass is 550 g/mol. The topological polar surface area (TPSA) is 33.2 Å². The van der Waals surface area contributed by atoms with Gasteiger partial charge in [0.1, 0.15) is 5.67 Å². The lowest BCUT2D eigenvalue weighted by atomic mass is 9.41. The van der Waals surface area contributed by atoms with Crippen LogP contribution in [-0.4, -0.2) is 23.1 Å². The van der Waals surface area contributed by atoms with E-state index in [1.54, 1.807) is 6.07 Å². The molecule has 4 bridgehead atoms. The second-order valence-electron chi connectivity index (χ2n) is 11.5. The fourth-order valence-corrected chi connectivity index (χ4v) is 7.58. The predicted molar refractivity (Wildman–Crippen MR) is 128 cm³/mol. The van der Waals surface area contributed by atoms with E-state index in [0.29, 0.717) is 25.8 Å². The summed E-state index contributed by atoms with van der Waals surface area (Å²) in [5.41, 5.74) is -1.05. The van der Waals surface area contributed by atoms with Gasteiger partial charge in [0.05, 0.1) is 11.0 Å². The summed E-state index contributed by atoms with van der Waals surface area (Å²) < 4.78 is 54.1. The third kappa shape index (κ3) is 3.73. The standard InChI is InChI=1S/C27H27BrF4N2O/c28-19-2-1-3-20(12-19)34(22(35)25-14-26(29,15-25)16-25)17-23-6-9-24(10-7-23,11-8-23)21-5-4-18(13-33-21)27(30,31)32/h1-5,12-13H,6-11,14-17H2. The first-order valence-electron chi connectivity index (χ1n) is 12.3. The van der Waals surface area contributed by atoms with Crippen LogP contribution >= 0.6 is 15.9 Å². The number of benzene rings is 1. The molecule has 8 heteroatoms. The van der Waals surface area contributed by atoms with E-state index >= 15 is 0 Å². The number of hydrogen-bond donors (Lipinski definition) is 0. The van der Waals surface area contributed by atoms with E-state index in [2.05, 4.69) is 20.9 Å². The number of amides is 1. The second-order valence-corrected chi connectivity index (χ2v) is 12.5. The van der Waals surface area contributed by atoms with E-state index in [1.165, 1.54) is 0 Å². The number of hydrogen-bond acceptors (Lipinski definition) is 2. The fraction of sp³-hybridized carbons (Fsp3) is 0.556. The lowest BCUT2D eigenvalue weighted by molar-refractivity contribution is -0.211. The second kappa shape index (κ2) is 7.53. The summed E-state index contributed by atoms with van der Waals surface area (Å²) in [4.78, 5) is 19.9. The zero-order valence-electron chi connectivity index (χ0n) is 19.3. The molecule has 0 saturated heterocycles. The van der Waals surface area contributed by atoms with Crippen molar-refractivity contribution in [3.8, 4) is 0 Å². The highest BCUT2D eigenvalue weighted by atomic mass is 79.9. The van der Waals surface area contributed by atoms with Crippen LogP contribution < -0.4 is 4.90 Å². The van der Waals surface area contributed by atoms with Crippen LogP contribution in [0.15, 0.2) is 47.1 Å². The van der Waals surface area contributed by atoms with Crippen molar-refractivity contribution in [1.82, 2.24) is 4.98 Å². The van der Waals surface area contributed by atoms with Crippen molar-refractivity contribution in [3.63, 3.8) is 0 Å². The van der Waals surface area contributed by atoms with Crippen molar-refractivity contribution in [2.75, 3.05) is 11.4 Å². The van der Waals surface area contributed by atoms with Crippen LogP contribution in [0.4, 0.5) is 23.2 Å².